The van der Waals surface area contributed by atoms with Crippen molar-refractivity contribution in [3.63, 3.8) is 0 Å². The average Bonchev–Trinajstić information content (AvgIpc) is 3.07. The quantitative estimate of drug-likeness (QED) is 0.418. The molecule has 3 aromatic rings. The highest BCUT2D eigenvalue weighted by atomic mass is 32.2. The van der Waals surface area contributed by atoms with Gasteiger partial charge < -0.3 is 9.73 Å². The summed E-state index contributed by atoms with van der Waals surface area (Å²) in [6.45, 7) is 0.306. The van der Waals surface area contributed by atoms with E-state index < -0.39 is 4.92 Å². The van der Waals surface area contributed by atoms with Crippen molar-refractivity contribution in [1.82, 2.24) is 9.97 Å². The number of nitro groups is 1. The third kappa shape index (κ3) is 3.67. The fraction of sp³-hybridized carbons (Fsp3) is 0.0667. The van der Waals surface area contributed by atoms with E-state index in [1.165, 1.54) is 18.1 Å². The van der Waals surface area contributed by atoms with Crippen molar-refractivity contribution in [1.29, 1.82) is 0 Å². The molecular formula is C15H12N4O3S. The van der Waals surface area contributed by atoms with E-state index in [0.717, 1.165) is 4.90 Å². The maximum Gasteiger partial charge on any atom is 0.343 e. The molecule has 0 atom stereocenters. The molecule has 0 amide bonds. The van der Waals surface area contributed by atoms with Crippen molar-refractivity contribution in [3.8, 4) is 0 Å². The van der Waals surface area contributed by atoms with Crippen LogP contribution in [0.15, 0.2) is 69.4 Å². The molecule has 23 heavy (non-hydrogen) atoms. The Morgan fingerprint density at radius 3 is 2.70 bits per heavy atom. The summed E-state index contributed by atoms with van der Waals surface area (Å²) in [5.41, 5.74) is -0.145. The van der Waals surface area contributed by atoms with Crippen LogP contribution in [0.1, 0.15) is 5.76 Å². The van der Waals surface area contributed by atoms with E-state index in [0.29, 0.717) is 12.3 Å². The summed E-state index contributed by atoms with van der Waals surface area (Å²) < 4.78 is 5.20. The molecular weight excluding hydrogens is 316 g/mol. The molecule has 0 aliphatic rings. The number of furan rings is 1. The van der Waals surface area contributed by atoms with Gasteiger partial charge in [-0.15, -0.1) is 0 Å². The predicted octanol–water partition coefficient (Wildman–Crippen LogP) is 3.74. The Labute approximate surface area is 135 Å². The third-order valence-electron chi connectivity index (χ3n) is 2.94. The SMILES string of the molecule is O=[N+]([O-])c1c(NCc2ccco2)ncnc1Sc1ccccc1. The van der Waals surface area contributed by atoms with Crippen LogP contribution in [0.25, 0.3) is 0 Å². The second-order valence-electron chi connectivity index (χ2n) is 4.48. The first-order chi connectivity index (χ1) is 11.2. The van der Waals surface area contributed by atoms with Crippen molar-refractivity contribution in [2.24, 2.45) is 0 Å². The highest BCUT2D eigenvalue weighted by Crippen LogP contribution is 2.36. The predicted molar refractivity (Wildman–Crippen MR) is 85.3 cm³/mol. The third-order valence-corrected chi connectivity index (χ3v) is 3.94. The summed E-state index contributed by atoms with van der Waals surface area (Å²) in [5.74, 6) is 0.829. The fourth-order valence-corrected chi connectivity index (χ4v) is 2.80. The molecule has 8 heteroatoms. The van der Waals surface area contributed by atoms with Crippen LogP contribution in [0.2, 0.25) is 0 Å². The van der Waals surface area contributed by atoms with Crippen LogP contribution in [0.5, 0.6) is 0 Å². The molecule has 0 fully saturated rings. The highest BCUT2D eigenvalue weighted by molar-refractivity contribution is 7.99. The second-order valence-corrected chi connectivity index (χ2v) is 5.54. The van der Waals surface area contributed by atoms with Gasteiger partial charge in [0.15, 0.2) is 5.03 Å². The molecule has 0 bridgehead atoms. The van der Waals surface area contributed by atoms with Crippen LogP contribution in [0.3, 0.4) is 0 Å². The van der Waals surface area contributed by atoms with Gasteiger partial charge in [0.2, 0.25) is 5.82 Å². The minimum Gasteiger partial charge on any atom is -0.467 e. The van der Waals surface area contributed by atoms with Crippen LogP contribution < -0.4 is 5.32 Å². The Balaban J connectivity index is 1.87. The summed E-state index contributed by atoms with van der Waals surface area (Å²) in [7, 11) is 0. The van der Waals surface area contributed by atoms with Gasteiger partial charge >= 0.3 is 5.69 Å². The first-order valence-electron chi connectivity index (χ1n) is 6.72. The lowest BCUT2D eigenvalue weighted by Crippen LogP contribution is -2.06. The maximum atomic E-state index is 11.4. The first-order valence-corrected chi connectivity index (χ1v) is 7.54. The number of aromatic nitrogens is 2. The molecule has 0 aliphatic heterocycles. The van der Waals surface area contributed by atoms with Gasteiger partial charge in [-0.2, -0.15) is 0 Å². The molecule has 0 unspecified atom stereocenters. The number of rotatable bonds is 6. The minimum absolute atomic E-state index is 0.145. The molecule has 3 rings (SSSR count). The summed E-state index contributed by atoms with van der Waals surface area (Å²) in [6.07, 6.45) is 2.85. The van der Waals surface area contributed by atoms with Crippen molar-refractivity contribution in [3.05, 3.63) is 70.9 Å². The smallest absolute Gasteiger partial charge is 0.343 e. The number of hydrogen-bond donors (Lipinski definition) is 1. The van der Waals surface area contributed by atoms with E-state index in [-0.39, 0.29) is 16.5 Å². The normalized spacial score (nSPS) is 10.4. The fourth-order valence-electron chi connectivity index (χ4n) is 1.92. The van der Waals surface area contributed by atoms with Crippen molar-refractivity contribution >= 4 is 23.3 Å². The van der Waals surface area contributed by atoms with E-state index >= 15 is 0 Å². The van der Waals surface area contributed by atoms with Crippen molar-refractivity contribution < 1.29 is 9.34 Å². The van der Waals surface area contributed by atoms with Crippen molar-refractivity contribution in [2.75, 3.05) is 5.32 Å². The molecule has 1 aromatic carbocycles. The van der Waals surface area contributed by atoms with E-state index in [1.807, 2.05) is 30.3 Å². The van der Waals surface area contributed by atoms with Gasteiger partial charge in [-0.3, -0.25) is 10.1 Å². The van der Waals surface area contributed by atoms with Crippen LogP contribution in [-0.4, -0.2) is 14.9 Å². The lowest BCUT2D eigenvalue weighted by atomic mass is 10.4. The number of nitrogens with one attached hydrogen (secondary N) is 1. The topological polar surface area (TPSA) is 94.1 Å². The molecule has 0 saturated heterocycles. The second kappa shape index (κ2) is 6.93. The molecule has 1 N–H and O–H groups in total. The maximum absolute atomic E-state index is 11.4. The van der Waals surface area contributed by atoms with Gasteiger partial charge in [0, 0.05) is 4.90 Å². The summed E-state index contributed by atoms with van der Waals surface area (Å²) in [6, 6.07) is 12.9. The highest BCUT2D eigenvalue weighted by Gasteiger charge is 2.23. The zero-order chi connectivity index (χ0) is 16.1. The van der Waals surface area contributed by atoms with Gasteiger partial charge in [-0.05, 0) is 24.3 Å². The average molecular weight is 328 g/mol. The molecule has 0 radical (unpaired) electrons. The lowest BCUT2D eigenvalue weighted by molar-refractivity contribution is -0.387. The first kappa shape index (κ1) is 15.0. The van der Waals surface area contributed by atoms with E-state index in [2.05, 4.69) is 15.3 Å². The molecule has 0 spiro atoms. The Morgan fingerprint density at radius 2 is 2.00 bits per heavy atom. The minimum atomic E-state index is -0.476. The summed E-state index contributed by atoms with van der Waals surface area (Å²) in [5, 5.41) is 14.7. The van der Waals surface area contributed by atoms with Gasteiger partial charge in [0.25, 0.3) is 0 Å². The van der Waals surface area contributed by atoms with Crippen LogP contribution in [-0.2, 0) is 6.54 Å². The monoisotopic (exact) mass is 328 g/mol. The Hall–Kier alpha value is -2.87. The van der Waals surface area contributed by atoms with Gasteiger partial charge in [-0.25, -0.2) is 9.97 Å². The summed E-state index contributed by atoms with van der Waals surface area (Å²) >= 11 is 1.22. The standard InChI is InChI=1S/C15H12N4O3S/c20-19(21)13-14(16-9-11-5-4-8-22-11)17-10-18-15(13)23-12-6-2-1-3-7-12/h1-8,10H,9H2,(H,16,17,18). The molecule has 2 heterocycles. The number of hydrogen-bond acceptors (Lipinski definition) is 7. The van der Waals surface area contributed by atoms with Gasteiger partial charge in [-0.1, -0.05) is 30.0 Å². The van der Waals surface area contributed by atoms with Crippen LogP contribution in [0.4, 0.5) is 11.5 Å². The van der Waals surface area contributed by atoms with E-state index in [1.54, 1.807) is 18.4 Å². The lowest BCUT2D eigenvalue weighted by Gasteiger charge is -2.07. The van der Waals surface area contributed by atoms with E-state index in [9.17, 15) is 10.1 Å². The Kier molecular flexibility index (Phi) is 4.53. The van der Waals surface area contributed by atoms with Gasteiger partial charge in [0.05, 0.1) is 17.7 Å². The zero-order valence-corrected chi connectivity index (χ0v) is 12.7. The Bertz CT molecular complexity index is 794. The van der Waals surface area contributed by atoms with Crippen molar-refractivity contribution in [2.45, 2.75) is 16.5 Å². The zero-order valence-electron chi connectivity index (χ0n) is 11.9. The van der Waals surface area contributed by atoms with Crippen LogP contribution >= 0.6 is 11.8 Å². The van der Waals surface area contributed by atoms with Gasteiger partial charge in [0.1, 0.15) is 12.1 Å². The molecule has 0 aliphatic carbocycles. The molecule has 0 saturated carbocycles. The number of nitrogens with zero attached hydrogens (tertiary/aromatic N) is 3. The largest absolute Gasteiger partial charge is 0.467 e. The number of benzene rings is 1. The van der Waals surface area contributed by atoms with Crippen LogP contribution in [0, 0.1) is 10.1 Å². The summed E-state index contributed by atoms with van der Waals surface area (Å²) in [4.78, 5) is 19.9. The molecule has 2 aromatic heterocycles. The molecule has 7 nitrogen and oxygen atoms in total. The molecule has 116 valence electrons. The number of anilines is 1. The Morgan fingerprint density at radius 1 is 1.17 bits per heavy atom. The van der Waals surface area contributed by atoms with E-state index in [4.69, 9.17) is 4.42 Å².